The van der Waals surface area contributed by atoms with Crippen molar-refractivity contribution in [1.29, 1.82) is 0 Å². The second-order valence-corrected chi connectivity index (χ2v) is 4.31. The smallest absolute Gasteiger partial charge is 1.00 e. The Morgan fingerprint density at radius 1 is 0.667 bits per heavy atom. The van der Waals surface area contributed by atoms with E-state index < -0.39 is 0 Å². The van der Waals surface area contributed by atoms with E-state index in [1.807, 2.05) is 77.5 Å². The maximum atomic E-state index is 2.96. The van der Waals surface area contributed by atoms with Gasteiger partial charge in [0.1, 0.15) is 0 Å². The summed E-state index contributed by atoms with van der Waals surface area (Å²) in [5.74, 6) is 0. The SMILES string of the molecule is CN(C)C1=CC=C=C[CH]1.CN(C)C1=CC=C=C[CH]1.[Cl-].[Cl-].[Sn+2]. The Morgan fingerprint density at radius 2 is 1.00 bits per heavy atom. The van der Waals surface area contributed by atoms with Gasteiger partial charge in [-0.15, -0.1) is 11.5 Å². The summed E-state index contributed by atoms with van der Waals surface area (Å²) in [5.41, 5.74) is 8.35. The molecule has 0 amide bonds. The number of rotatable bonds is 2. The fourth-order valence-corrected chi connectivity index (χ4v) is 1.35. The maximum absolute atomic E-state index is 2.96. The fourth-order valence-electron chi connectivity index (χ4n) is 1.35. The van der Waals surface area contributed by atoms with Crippen LogP contribution in [0.3, 0.4) is 0 Å². The van der Waals surface area contributed by atoms with Gasteiger partial charge < -0.3 is 34.6 Å². The number of hydrogen-bond acceptors (Lipinski definition) is 2. The van der Waals surface area contributed by atoms with Gasteiger partial charge in [0.15, 0.2) is 0 Å². The van der Waals surface area contributed by atoms with Crippen LogP contribution >= 0.6 is 0 Å². The number of halogens is 2. The molecule has 0 unspecified atom stereocenters. The molecule has 0 aromatic heterocycles. The molecule has 112 valence electrons. The zero-order valence-corrected chi connectivity index (χ0v) is 17.1. The van der Waals surface area contributed by atoms with E-state index in [9.17, 15) is 0 Å². The Labute approximate surface area is 158 Å². The largest absolute Gasteiger partial charge is 2.00 e. The summed E-state index contributed by atoms with van der Waals surface area (Å²) in [5, 5.41) is 0. The zero-order chi connectivity index (χ0) is 13.4. The average molecular weight is 430 g/mol. The van der Waals surface area contributed by atoms with Gasteiger partial charge in [0.05, 0.1) is 0 Å². The summed E-state index contributed by atoms with van der Waals surface area (Å²) in [4.78, 5) is 4.13. The molecule has 2 aliphatic rings. The molecule has 0 fully saturated rings. The molecule has 0 saturated heterocycles. The minimum atomic E-state index is 0. The quantitative estimate of drug-likeness (QED) is 0.330. The Bertz CT molecular complexity index is 421. The third kappa shape index (κ3) is 10.8. The standard InChI is InChI=1S/2C8H10N.2ClH.Sn/c2*1-9(2)8-6-4-3-5-7-8;;;/h2*4-7H,1-2H3;2*1H;/q;;;;+2/p-2. The second kappa shape index (κ2) is 14.4. The van der Waals surface area contributed by atoms with E-state index in [0.29, 0.717) is 0 Å². The van der Waals surface area contributed by atoms with Crippen molar-refractivity contribution in [2.24, 2.45) is 0 Å². The molecule has 0 atom stereocenters. The van der Waals surface area contributed by atoms with Gasteiger partial charge in [-0.2, -0.15) is 0 Å². The first-order valence-corrected chi connectivity index (χ1v) is 5.88. The van der Waals surface area contributed by atoms with Crippen LogP contribution in [0.4, 0.5) is 0 Å². The normalized spacial score (nSPS) is 13.3. The van der Waals surface area contributed by atoms with Crippen LogP contribution in [-0.2, 0) is 0 Å². The molecular weight excluding hydrogens is 410 g/mol. The molecule has 0 heterocycles. The summed E-state index contributed by atoms with van der Waals surface area (Å²) in [6.07, 6.45) is 15.8. The third-order valence-electron chi connectivity index (χ3n) is 2.43. The van der Waals surface area contributed by atoms with Gasteiger partial charge in [0.2, 0.25) is 0 Å². The monoisotopic (exact) mass is 430 g/mol. The van der Waals surface area contributed by atoms with E-state index in [-0.39, 0.29) is 48.7 Å². The summed E-state index contributed by atoms with van der Waals surface area (Å²) in [6.45, 7) is 0. The van der Waals surface area contributed by atoms with E-state index in [0.717, 1.165) is 0 Å². The summed E-state index contributed by atoms with van der Waals surface area (Å²) in [6, 6.07) is 0. The van der Waals surface area contributed by atoms with Crippen LogP contribution in [0.5, 0.6) is 0 Å². The van der Waals surface area contributed by atoms with E-state index in [1.165, 1.54) is 11.4 Å². The van der Waals surface area contributed by atoms with E-state index in [2.05, 4.69) is 21.3 Å². The molecule has 0 spiro atoms. The first-order valence-electron chi connectivity index (χ1n) is 5.88. The van der Waals surface area contributed by atoms with Gasteiger partial charge in [-0.1, -0.05) is 0 Å². The van der Waals surface area contributed by atoms with Crippen molar-refractivity contribution < 1.29 is 24.8 Å². The fraction of sp³-hybridized carbons (Fsp3) is 0.250. The predicted molar refractivity (Wildman–Crippen MR) is 83.2 cm³/mol. The van der Waals surface area contributed by atoms with Crippen molar-refractivity contribution in [3.8, 4) is 0 Å². The van der Waals surface area contributed by atoms with Gasteiger partial charge in [-0.3, -0.25) is 0 Å². The second-order valence-electron chi connectivity index (χ2n) is 4.31. The maximum Gasteiger partial charge on any atom is 2.00 e. The third-order valence-corrected chi connectivity index (χ3v) is 2.43. The molecule has 0 aromatic carbocycles. The van der Waals surface area contributed by atoms with Gasteiger partial charge in [0, 0.05) is 52.4 Å². The van der Waals surface area contributed by atoms with Crippen molar-refractivity contribution in [3.05, 3.63) is 72.2 Å². The predicted octanol–water partition coefficient (Wildman–Crippen LogP) is -3.65. The number of hydrogen-bond donors (Lipinski definition) is 0. The molecule has 5 heteroatoms. The van der Waals surface area contributed by atoms with E-state index in [4.69, 9.17) is 0 Å². The number of nitrogens with zero attached hydrogens (tertiary/aromatic N) is 2. The van der Waals surface area contributed by atoms with Crippen molar-refractivity contribution in [2.45, 2.75) is 0 Å². The Hall–Kier alpha value is -0.501. The Kier molecular flexibility index (Phi) is 17.5. The first-order chi connectivity index (χ1) is 8.61. The zero-order valence-electron chi connectivity index (χ0n) is 12.8. The van der Waals surface area contributed by atoms with Crippen LogP contribution in [0, 0.1) is 12.8 Å². The van der Waals surface area contributed by atoms with Gasteiger partial charge in [-0.05, 0) is 36.5 Å². The molecule has 0 saturated carbocycles. The topological polar surface area (TPSA) is 6.48 Å². The molecular formula is C16H20Cl2N2Sn. The van der Waals surface area contributed by atoms with Crippen LogP contribution in [0.1, 0.15) is 0 Å². The van der Waals surface area contributed by atoms with E-state index >= 15 is 0 Å². The van der Waals surface area contributed by atoms with Crippen LogP contribution < -0.4 is 24.8 Å². The van der Waals surface area contributed by atoms with Crippen LogP contribution in [0.15, 0.2) is 59.3 Å². The molecule has 2 aliphatic carbocycles. The van der Waals surface area contributed by atoms with E-state index in [1.54, 1.807) is 0 Å². The molecule has 0 aromatic rings. The Balaban J connectivity index is -0.000000270. The summed E-state index contributed by atoms with van der Waals surface area (Å²) >= 11 is 0. The molecule has 0 aliphatic heterocycles. The molecule has 2 nitrogen and oxygen atoms in total. The molecule has 21 heavy (non-hydrogen) atoms. The minimum Gasteiger partial charge on any atom is -1.00 e. The Morgan fingerprint density at radius 3 is 1.14 bits per heavy atom. The van der Waals surface area contributed by atoms with Crippen LogP contribution in [-0.4, -0.2) is 61.9 Å². The van der Waals surface area contributed by atoms with Crippen molar-refractivity contribution >= 4 is 23.9 Å². The molecule has 2 rings (SSSR count). The minimum absolute atomic E-state index is 0. The van der Waals surface area contributed by atoms with Crippen molar-refractivity contribution in [1.82, 2.24) is 9.80 Å². The van der Waals surface area contributed by atoms with Gasteiger partial charge in [-0.25, -0.2) is 0 Å². The molecule has 4 radical (unpaired) electrons. The average Bonchev–Trinajstić information content (AvgIpc) is 2.41. The van der Waals surface area contributed by atoms with Crippen LogP contribution in [0.25, 0.3) is 0 Å². The first kappa shape index (κ1) is 25.5. The molecule has 0 bridgehead atoms. The van der Waals surface area contributed by atoms with Crippen LogP contribution in [0.2, 0.25) is 0 Å². The molecule has 0 N–H and O–H groups in total. The summed E-state index contributed by atoms with van der Waals surface area (Å²) < 4.78 is 0. The van der Waals surface area contributed by atoms with Gasteiger partial charge >= 0.3 is 23.9 Å². The summed E-state index contributed by atoms with van der Waals surface area (Å²) in [7, 11) is 8.09. The van der Waals surface area contributed by atoms with Crippen molar-refractivity contribution in [2.75, 3.05) is 28.2 Å². The number of allylic oxidation sites excluding steroid dienone is 4. The van der Waals surface area contributed by atoms with Gasteiger partial charge in [0.25, 0.3) is 0 Å². The van der Waals surface area contributed by atoms with Crippen molar-refractivity contribution in [3.63, 3.8) is 0 Å².